The number of nitrogens with one attached hydrogen (secondary N) is 3. The molecule has 0 bridgehead atoms. The summed E-state index contributed by atoms with van der Waals surface area (Å²) < 4.78 is 0. The highest BCUT2D eigenvalue weighted by molar-refractivity contribution is 14.0. The van der Waals surface area contributed by atoms with Gasteiger partial charge in [0.25, 0.3) is 0 Å². The molecule has 1 aromatic carbocycles. The second-order valence-electron chi connectivity index (χ2n) is 7.88. The Kier molecular flexibility index (Phi) is 11.4. The third kappa shape index (κ3) is 9.12. The molecule has 0 atom stereocenters. The predicted molar refractivity (Wildman–Crippen MR) is 141 cm³/mol. The minimum absolute atomic E-state index is 0. The lowest BCUT2D eigenvalue weighted by atomic mass is 10.1. The molecular weight excluding hydrogens is 515 g/mol. The molecule has 0 spiro atoms. The van der Waals surface area contributed by atoms with Gasteiger partial charge in [0.05, 0.1) is 6.54 Å². The Bertz CT molecular complexity index is 865. The Morgan fingerprint density at radius 1 is 1.06 bits per heavy atom. The number of nitrogens with zero attached hydrogens (tertiary/aromatic N) is 3. The first-order valence-corrected chi connectivity index (χ1v) is 11.2. The van der Waals surface area contributed by atoms with Crippen LogP contribution in [0.5, 0.6) is 0 Å². The van der Waals surface area contributed by atoms with Gasteiger partial charge in [-0.15, -0.1) is 24.0 Å². The van der Waals surface area contributed by atoms with E-state index in [1.165, 1.54) is 37.1 Å². The average Bonchev–Trinajstić information content (AvgIpc) is 3.26. The number of pyridine rings is 1. The van der Waals surface area contributed by atoms with Crippen LogP contribution in [0.3, 0.4) is 0 Å². The number of carbonyl (C=O) groups excluding carboxylic acids is 1. The Morgan fingerprint density at radius 2 is 1.78 bits per heavy atom. The topological polar surface area (TPSA) is 81.7 Å². The van der Waals surface area contributed by atoms with E-state index in [4.69, 9.17) is 0 Å². The molecule has 7 nitrogen and oxygen atoms in total. The first kappa shape index (κ1) is 26.1. The standard InChI is InChI=1S/C24H34N6O.HI/c1-3-25-24(26-14-13-23(31)29-22-8-6-7-19(2)28-22)27-17-20-9-11-21(12-10-20)18-30-15-4-5-16-30;/h6-12H,3-5,13-18H2,1-2H3,(H2,25,26,27)(H,28,29,31);1H. The van der Waals surface area contributed by atoms with Gasteiger partial charge in [0.15, 0.2) is 5.96 Å². The fourth-order valence-electron chi connectivity index (χ4n) is 3.57. The van der Waals surface area contributed by atoms with Crippen molar-refractivity contribution in [3.8, 4) is 0 Å². The monoisotopic (exact) mass is 550 g/mol. The molecule has 0 saturated carbocycles. The molecule has 3 rings (SSSR count). The number of hydrogen-bond donors (Lipinski definition) is 3. The van der Waals surface area contributed by atoms with E-state index in [-0.39, 0.29) is 29.9 Å². The van der Waals surface area contributed by atoms with E-state index < -0.39 is 0 Å². The molecule has 8 heteroatoms. The number of anilines is 1. The number of aryl methyl sites for hydroxylation is 1. The summed E-state index contributed by atoms with van der Waals surface area (Å²) in [5, 5.41) is 9.28. The number of aromatic nitrogens is 1. The van der Waals surface area contributed by atoms with Crippen molar-refractivity contribution in [2.24, 2.45) is 4.99 Å². The fourth-order valence-corrected chi connectivity index (χ4v) is 3.57. The van der Waals surface area contributed by atoms with Crippen molar-refractivity contribution < 1.29 is 4.79 Å². The minimum Gasteiger partial charge on any atom is -0.357 e. The fraction of sp³-hybridized carbons (Fsp3) is 0.458. The van der Waals surface area contributed by atoms with Crippen LogP contribution in [0, 0.1) is 6.92 Å². The average molecular weight is 550 g/mol. The van der Waals surface area contributed by atoms with Gasteiger partial charge in [-0.2, -0.15) is 0 Å². The van der Waals surface area contributed by atoms with Crippen LogP contribution in [0.4, 0.5) is 5.82 Å². The zero-order valence-electron chi connectivity index (χ0n) is 19.1. The van der Waals surface area contributed by atoms with E-state index in [1.807, 2.05) is 26.0 Å². The quantitative estimate of drug-likeness (QED) is 0.252. The van der Waals surface area contributed by atoms with E-state index >= 15 is 0 Å². The summed E-state index contributed by atoms with van der Waals surface area (Å²) in [6, 6.07) is 14.3. The summed E-state index contributed by atoms with van der Waals surface area (Å²) in [6.45, 7) is 9.25. The summed E-state index contributed by atoms with van der Waals surface area (Å²) >= 11 is 0. The molecule has 0 radical (unpaired) electrons. The summed E-state index contributed by atoms with van der Waals surface area (Å²) in [5.41, 5.74) is 3.40. The largest absolute Gasteiger partial charge is 0.357 e. The van der Waals surface area contributed by atoms with Crippen LogP contribution in [0.2, 0.25) is 0 Å². The molecule has 1 amide bonds. The lowest BCUT2D eigenvalue weighted by Gasteiger charge is -2.14. The van der Waals surface area contributed by atoms with E-state index in [0.717, 1.165) is 18.8 Å². The smallest absolute Gasteiger partial charge is 0.227 e. The Hall–Kier alpha value is -2.20. The van der Waals surface area contributed by atoms with Crippen molar-refractivity contribution in [1.29, 1.82) is 0 Å². The zero-order chi connectivity index (χ0) is 21.9. The van der Waals surface area contributed by atoms with Crippen molar-refractivity contribution in [3.05, 3.63) is 59.3 Å². The number of likely N-dealkylation sites (tertiary alicyclic amines) is 1. The Labute approximate surface area is 208 Å². The van der Waals surface area contributed by atoms with Crippen LogP contribution < -0.4 is 16.0 Å². The molecule has 2 aromatic rings. The van der Waals surface area contributed by atoms with Crippen molar-refractivity contribution >= 4 is 41.7 Å². The highest BCUT2D eigenvalue weighted by atomic mass is 127. The van der Waals surface area contributed by atoms with Gasteiger partial charge in [0.2, 0.25) is 5.91 Å². The molecule has 174 valence electrons. The van der Waals surface area contributed by atoms with E-state index in [1.54, 1.807) is 6.07 Å². The molecule has 2 heterocycles. The molecule has 3 N–H and O–H groups in total. The zero-order valence-corrected chi connectivity index (χ0v) is 21.4. The number of amides is 1. The summed E-state index contributed by atoms with van der Waals surface area (Å²) in [4.78, 5) is 23.6. The highest BCUT2D eigenvalue weighted by Gasteiger charge is 2.11. The second kappa shape index (κ2) is 14.1. The molecule has 0 unspecified atom stereocenters. The summed E-state index contributed by atoms with van der Waals surface area (Å²) in [6.07, 6.45) is 2.97. The lowest BCUT2D eigenvalue weighted by Crippen LogP contribution is -2.38. The first-order chi connectivity index (χ1) is 15.1. The van der Waals surface area contributed by atoms with Crippen LogP contribution in [0.15, 0.2) is 47.5 Å². The molecule has 32 heavy (non-hydrogen) atoms. The summed E-state index contributed by atoms with van der Waals surface area (Å²) in [7, 11) is 0. The number of guanidine groups is 1. The molecule has 1 aromatic heterocycles. The van der Waals surface area contributed by atoms with Gasteiger partial charge in [-0.3, -0.25) is 9.69 Å². The van der Waals surface area contributed by atoms with Gasteiger partial charge >= 0.3 is 0 Å². The van der Waals surface area contributed by atoms with Crippen LogP contribution in [0.25, 0.3) is 0 Å². The normalized spacial score (nSPS) is 14.0. The van der Waals surface area contributed by atoms with Gasteiger partial charge in [-0.1, -0.05) is 30.3 Å². The Morgan fingerprint density at radius 3 is 2.47 bits per heavy atom. The summed E-state index contributed by atoms with van der Waals surface area (Å²) in [5.74, 6) is 1.22. The number of halogens is 1. The molecule has 1 saturated heterocycles. The van der Waals surface area contributed by atoms with Crippen molar-refractivity contribution in [3.63, 3.8) is 0 Å². The van der Waals surface area contributed by atoms with Gasteiger partial charge < -0.3 is 16.0 Å². The Balaban J connectivity index is 0.00000363. The maximum atomic E-state index is 12.1. The number of rotatable bonds is 9. The van der Waals surface area contributed by atoms with Gasteiger partial charge in [-0.25, -0.2) is 9.98 Å². The maximum Gasteiger partial charge on any atom is 0.227 e. The van der Waals surface area contributed by atoms with Crippen molar-refractivity contribution in [2.45, 2.75) is 46.2 Å². The number of carbonyl (C=O) groups is 1. The van der Waals surface area contributed by atoms with Gasteiger partial charge in [0.1, 0.15) is 5.82 Å². The third-order valence-corrected chi connectivity index (χ3v) is 5.19. The first-order valence-electron chi connectivity index (χ1n) is 11.2. The molecule has 0 aliphatic carbocycles. The van der Waals surface area contributed by atoms with E-state index in [0.29, 0.717) is 31.3 Å². The SMILES string of the molecule is CCNC(=NCc1ccc(CN2CCCC2)cc1)NCCC(=O)Nc1cccc(C)n1.I. The van der Waals surface area contributed by atoms with Crippen LogP contribution in [0.1, 0.15) is 43.0 Å². The number of benzene rings is 1. The maximum absolute atomic E-state index is 12.1. The van der Waals surface area contributed by atoms with Crippen LogP contribution >= 0.6 is 24.0 Å². The third-order valence-electron chi connectivity index (χ3n) is 5.19. The molecule has 1 aliphatic heterocycles. The highest BCUT2D eigenvalue weighted by Crippen LogP contribution is 2.13. The van der Waals surface area contributed by atoms with Gasteiger partial charge in [0, 0.05) is 31.7 Å². The number of aliphatic imine (C=N–C) groups is 1. The van der Waals surface area contributed by atoms with Crippen molar-refractivity contribution in [1.82, 2.24) is 20.5 Å². The van der Waals surface area contributed by atoms with Crippen LogP contribution in [-0.2, 0) is 17.9 Å². The predicted octanol–water partition coefficient (Wildman–Crippen LogP) is 3.69. The van der Waals surface area contributed by atoms with Gasteiger partial charge in [-0.05, 0) is 63.0 Å². The minimum atomic E-state index is -0.0740. The molecular formula is C24H35IN6O. The second-order valence-corrected chi connectivity index (χ2v) is 7.88. The van der Waals surface area contributed by atoms with E-state index in [2.05, 4.69) is 55.1 Å². The molecule has 1 aliphatic rings. The van der Waals surface area contributed by atoms with E-state index in [9.17, 15) is 4.79 Å². The molecule has 1 fully saturated rings. The number of hydrogen-bond acceptors (Lipinski definition) is 4. The van der Waals surface area contributed by atoms with Crippen molar-refractivity contribution in [2.75, 3.05) is 31.5 Å². The lowest BCUT2D eigenvalue weighted by molar-refractivity contribution is -0.116. The van der Waals surface area contributed by atoms with Crippen LogP contribution in [-0.4, -0.2) is 47.9 Å².